The minimum absolute atomic E-state index is 0.272. The zero-order chi connectivity index (χ0) is 14.0. The first-order chi connectivity index (χ1) is 8.97. The Hall–Kier alpha value is -1.35. The lowest BCUT2D eigenvalue weighted by Gasteiger charge is -2.13. The SMILES string of the molecule is Cc1cc(C)c(COc2cc(Br)ccc2F)c(C)c1. The third-order valence-corrected chi connectivity index (χ3v) is 3.60. The highest BCUT2D eigenvalue weighted by molar-refractivity contribution is 9.10. The van der Waals surface area contributed by atoms with E-state index in [9.17, 15) is 4.39 Å². The number of benzene rings is 2. The summed E-state index contributed by atoms with van der Waals surface area (Å²) < 4.78 is 20.0. The van der Waals surface area contributed by atoms with Crippen LogP contribution >= 0.6 is 15.9 Å². The molecule has 3 heteroatoms. The summed E-state index contributed by atoms with van der Waals surface area (Å²) in [6.07, 6.45) is 0. The molecule has 0 saturated carbocycles. The maximum atomic E-state index is 13.6. The van der Waals surface area contributed by atoms with Crippen molar-refractivity contribution in [2.45, 2.75) is 27.4 Å². The molecule has 0 bridgehead atoms. The molecule has 0 atom stereocenters. The topological polar surface area (TPSA) is 9.23 Å². The molecule has 2 rings (SSSR count). The van der Waals surface area contributed by atoms with Gasteiger partial charge >= 0.3 is 0 Å². The van der Waals surface area contributed by atoms with Crippen molar-refractivity contribution >= 4 is 15.9 Å². The molecule has 100 valence electrons. The standard InChI is InChI=1S/C16H16BrFO/c1-10-6-11(2)14(12(3)7-10)9-19-16-8-13(17)4-5-15(16)18/h4-8H,9H2,1-3H3. The molecule has 0 spiro atoms. The lowest BCUT2D eigenvalue weighted by atomic mass is 10.0. The number of rotatable bonds is 3. The molecule has 0 N–H and O–H groups in total. The first-order valence-electron chi connectivity index (χ1n) is 6.12. The van der Waals surface area contributed by atoms with Crippen molar-refractivity contribution in [1.82, 2.24) is 0 Å². The number of ether oxygens (including phenoxy) is 1. The van der Waals surface area contributed by atoms with Crippen molar-refractivity contribution in [3.63, 3.8) is 0 Å². The second-order valence-corrected chi connectivity index (χ2v) is 5.66. The highest BCUT2D eigenvalue weighted by Gasteiger charge is 2.08. The van der Waals surface area contributed by atoms with E-state index in [1.54, 1.807) is 12.1 Å². The predicted molar refractivity (Wildman–Crippen MR) is 79.1 cm³/mol. The van der Waals surface area contributed by atoms with Crippen LogP contribution in [-0.2, 0) is 6.61 Å². The lowest BCUT2D eigenvalue weighted by molar-refractivity contribution is 0.288. The van der Waals surface area contributed by atoms with Crippen LogP contribution in [0.2, 0.25) is 0 Å². The fraction of sp³-hybridized carbons (Fsp3) is 0.250. The van der Waals surface area contributed by atoms with Crippen molar-refractivity contribution in [1.29, 1.82) is 0 Å². The second kappa shape index (κ2) is 5.74. The van der Waals surface area contributed by atoms with Gasteiger partial charge in [-0.3, -0.25) is 0 Å². The van der Waals surface area contributed by atoms with E-state index in [1.807, 2.05) is 0 Å². The number of hydrogen-bond donors (Lipinski definition) is 0. The van der Waals surface area contributed by atoms with Gasteiger partial charge in [0.05, 0.1) is 0 Å². The van der Waals surface area contributed by atoms with Gasteiger partial charge in [0.1, 0.15) is 6.61 Å². The van der Waals surface area contributed by atoms with Crippen molar-refractivity contribution in [2.75, 3.05) is 0 Å². The summed E-state index contributed by atoms with van der Waals surface area (Å²) in [7, 11) is 0. The van der Waals surface area contributed by atoms with Gasteiger partial charge in [-0.05, 0) is 55.7 Å². The maximum absolute atomic E-state index is 13.6. The fourth-order valence-electron chi connectivity index (χ4n) is 2.18. The zero-order valence-electron chi connectivity index (χ0n) is 11.3. The lowest BCUT2D eigenvalue weighted by Crippen LogP contribution is -2.02. The van der Waals surface area contributed by atoms with Crippen molar-refractivity contribution in [3.8, 4) is 5.75 Å². The van der Waals surface area contributed by atoms with E-state index in [2.05, 4.69) is 48.8 Å². The van der Waals surface area contributed by atoms with Crippen LogP contribution < -0.4 is 4.74 Å². The van der Waals surface area contributed by atoms with Gasteiger partial charge in [0, 0.05) is 4.47 Å². The van der Waals surface area contributed by atoms with Gasteiger partial charge in [0.2, 0.25) is 0 Å². The zero-order valence-corrected chi connectivity index (χ0v) is 12.8. The van der Waals surface area contributed by atoms with Gasteiger partial charge in [-0.15, -0.1) is 0 Å². The van der Waals surface area contributed by atoms with Gasteiger partial charge in [0.15, 0.2) is 11.6 Å². The average molecular weight is 323 g/mol. The summed E-state index contributed by atoms with van der Waals surface area (Å²) in [5.74, 6) is -0.0700. The van der Waals surface area contributed by atoms with E-state index in [-0.39, 0.29) is 11.6 Å². The predicted octanol–water partition coefficient (Wildman–Crippen LogP) is 5.09. The Morgan fingerprint density at radius 1 is 1.05 bits per heavy atom. The first kappa shape index (κ1) is 14.1. The molecule has 0 radical (unpaired) electrons. The number of hydrogen-bond acceptors (Lipinski definition) is 1. The molecule has 0 heterocycles. The van der Waals surface area contributed by atoms with Crippen molar-refractivity contribution in [3.05, 3.63) is 62.9 Å². The highest BCUT2D eigenvalue weighted by Crippen LogP contribution is 2.24. The summed E-state index contributed by atoms with van der Waals surface area (Å²) in [5.41, 5.74) is 4.69. The van der Waals surface area contributed by atoms with E-state index in [4.69, 9.17) is 4.74 Å². The summed E-state index contributed by atoms with van der Waals surface area (Å²) in [5, 5.41) is 0. The van der Waals surface area contributed by atoms with Gasteiger partial charge < -0.3 is 4.74 Å². The highest BCUT2D eigenvalue weighted by atomic mass is 79.9. The average Bonchev–Trinajstić information content (AvgIpc) is 2.32. The van der Waals surface area contributed by atoms with Crippen LogP contribution in [0.15, 0.2) is 34.8 Å². The second-order valence-electron chi connectivity index (χ2n) is 4.74. The monoisotopic (exact) mass is 322 g/mol. The van der Waals surface area contributed by atoms with E-state index < -0.39 is 0 Å². The van der Waals surface area contributed by atoms with Crippen LogP contribution in [-0.4, -0.2) is 0 Å². The van der Waals surface area contributed by atoms with Gasteiger partial charge in [-0.1, -0.05) is 33.6 Å². The molecule has 0 aliphatic carbocycles. The molecule has 0 aromatic heterocycles. The van der Waals surface area contributed by atoms with Crippen LogP contribution in [0.4, 0.5) is 4.39 Å². The third-order valence-electron chi connectivity index (χ3n) is 3.11. The molecule has 1 nitrogen and oxygen atoms in total. The van der Waals surface area contributed by atoms with Crippen LogP contribution in [0.25, 0.3) is 0 Å². The molecule has 0 saturated heterocycles. The maximum Gasteiger partial charge on any atom is 0.165 e. The van der Waals surface area contributed by atoms with Crippen LogP contribution in [0.3, 0.4) is 0 Å². The molecule has 0 aliphatic heterocycles. The summed E-state index contributed by atoms with van der Waals surface area (Å²) in [6.45, 7) is 6.55. The Bertz CT molecular complexity index is 585. The Balaban J connectivity index is 2.21. The van der Waals surface area contributed by atoms with E-state index in [1.165, 1.54) is 22.8 Å². The normalized spacial score (nSPS) is 10.6. The smallest absolute Gasteiger partial charge is 0.165 e. The number of aryl methyl sites for hydroxylation is 3. The van der Waals surface area contributed by atoms with Crippen molar-refractivity contribution < 1.29 is 9.13 Å². The molecule has 0 unspecified atom stereocenters. The largest absolute Gasteiger partial charge is 0.486 e. The summed E-state index contributed by atoms with van der Waals surface area (Å²) >= 11 is 3.31. The minimum Gasteiger partial charge on any atom is -0.486 e. The van der Waals surface area contributed by atoms with E-state index >= 15 is 0 Å². The molecular formula is C16H16BrFO. The van der Waals surface area contributed by atoms with Crippen LogP contribution in [0.5, 0.6) is 5.75 Å². The molecule has 2 aromatic rings. The van der Waals surface area contributed by atoms with E-state index in [0.717, 1.165) is 10.0 Å². The Morgan fingerprint density at radius 2 is 1.68 bits per heavy atom. The van der Waals surface area contributed by atoms with Gasteiger partial charge in [0.25, 0.3) is 0 Å². The Kier molecular flexibility index (Phi) is 4.25. The fourth-order valence-corrected chi connectivity index (χ4v) is 2.52. The summed E-state index contributed by atoms with van der Waals surface area (Å²) in [6, 6.07) is 8.93. The van der Waals surface area contributed by atoms with Crippen LogP contribution in [0.1, 0.15) is 22.3 Å². The molecule has 0 aliphatic rings. The van der Waals surface area contributed by atoms with Gasteiger partial charge in [-0.25, -0.2) is 4.39 Å². The quantitative estimate of drug-likeness (QED) is 0.764. The molecule has 0 fully saturated rings. The van der Waals surface area contributed by atoms with Gasteiger partial charge in [-0.2, -0.15) is 0 Å². The van der Waals surface area contributed by atoms with Crippen LogP contribution in [0, 0.1) is 26.6 Å². The molecule has 19 heavy (non-hydrogen) atoms. The first-order valence-corrected chi connectivity index (χ1v) is 6.91. The summed E-state index contributed by atoms with van der Waals surface area (Å²) in [4.78, 5) is 0. The number of halogens is 2. The molecule has 0 amide bonds. The molecule has 2 aromatic carbocycles. The molecular weight excluding hydrogens is 307 g/mol. The Labute approximate surface area is 121 Å². The minimum atomic E-state index is -0.342. The third kappa shape index (κ3) is 3.35. The Morgan fingerprint density at radius 3 is 2.32 bits per heavy atom. The van der Waals surface area contributed by atoms with Crippen molar-refractivity contribution in [2.24, 2.45) is 0 Å². The van der Waals surface area contributed by atoms with E-state index in [0.29, 0.717) is 6.61 Å².